The highest BCUT2D eigenvalue weighted by atomic mass is 32.2. The first-order valence-corrected chi connectivity index (χ1v) is 8.18. The van der Waals surface area contributed by atoms with Gasteiger partial charge in [-0.1, -0.05) is 13.0 Å². The molecule has 0 fully saturated rings. The van der Waals surface area contributed by atoms with Crippen LogP contribution in [-0.2, 0) is 10.0 Å². The summed E-state index contributed by atoms with van der Waals surface area (Å²) in [6.45, 7) is 4.45. The van der Waals surface area contributed by atoms with Gasteiger partial charge < -0.3 is 4.74 Å². The SMILES string of the molecule is CCCOc1ccc(S(=O)(=O)Nc2ccccn2)cc1C. The van der Waals surface area contributed by atoms with Crippen LogP contribution in [0.3, 0.4) is 0 Å². The smallest absolute Gasteiger partial charge is 0.263 e. The second-order valence-electron chi connectivity index (χ2n) is 4.60. The van der Waals surface area contributed by atoms with Crippen molar-refractivity contribution >= 4 is 15.8 Å². The molecule has 0 amide bonds. The molecule has 6 heteroatoms. The first-order chi connectivity index (χ1) is 10.0. The molecule has 0 saturated carbocycles. The molecular formula is C15H18N2O3S. The van der Waals surface area contributed by atoms with E-state index in [0.29, 0.717) is 18.2 Å². The zero-order valence-electron chi connectivity index (χ0n) is 12.0. The van der Waals surface area contributed by atoms with E-state index in [2.05, 4.69) is 9.71 Å². The Kier molecular flexibility index (Phi) is 4.80. The Bertz CT molecular complexity index is 700. The van der Waals surface area contributed by atoms with Crippen molar-refractivity contribution in [3.63, 3.8) is 0 Å². The number of hydrogen-bond acceptors (Lipinski definition) is 4. The minimum Gasteiger partial charge on any atom is -0.493 e. The maximum absolute atomic E-state index is 12.3. The number of aryl methyl sites for hydroxylation is 1. The molecule has 0 aliphatic heterocycles. The third-order valence-electron chi connectivity index (χ3n) is 2.82. The van der Waals surface area contributed by atoms with E-state index in [4.69, 9.17) is 4.74 Å². The van der Waals surface area contributed by atoms with Gasteiger partial charge in [0.15, 0.2) is 0 Å². The summed E-state index contributed by atoms with van der Waals surface area (Å²) in [6, 6.07) is 9.85. The maximum Gasteiger partial charge on any atom is 0.263 e. The van der Waals surface area contributed by atoms with E-state index >= 15 is 0 Å². The first-order valence-electron chi connectivity index (χ1n) is 6.70. The Balaban J connectivity index is 2.22. The fourth-order valence-electron chi connectivity index (χ4n) is 1.78. The van der Waals surface area contributed by atoms with Gasteiger partial charge >= 0.3 is 0 Å². The molecule has 21 heavy (non-hydrogen) atoms. The van der Waals surface area contributed by atoms with Crippen LogP contribution in [0.1, 0.15) is 18.9 Å². The van der Waals surface area contributed by atoms with Crippen LogP contribution < -0.4 is 9.46 Å². The molecule has 0 aliphatic rings. The number of pyridine rings is 1. The lowest BCUT2D eigenvalue weighted by molar-refractivity contribution is 0.315. The van der Waals surface area contributed by atoms with Crippen LogP contribution in [0, 0.1) is 6.92 Å². The minimum atomic E-state index is -3.64. The fourth-order valence-corrected chi connectivity index (χ4v) is 2.88. The molecule has 112 valence electrons. The van der Waals surface area contributed by atoms with E-state index in [-0.39, 0.29) is 4.90 Å². The molecule has 1 aromatic heterocycles. The molecule has 5 nitrogen and oxygen atoms in total. The van der Waals surface area contributed by atoms with Gasteiger partial charge in [-0.15, -0.1) is 0 Å². The van der Waals surface area contributed by atoms with Crippen molar-refractivity contribution in [1.82, 2.24) is 4.98 Å². The summed E-state index contributed by atoms with van der Waals surface area (Å²) in [6.07, 6.45) is 2.44. The third kappa shape index (κ3) is 3.95. The normalized spacial score (nSPS) is 11.1. The van der Waals surface area contributed by atoms with E-state index in [1.807, 2.05) is 13.8 Å². The van der Waals surface area contributed by atoms with Gasteiger partial charge in [-0.05, 0) is 49.2 Å². The monoisotopic (exact) mass is 306 g/mol. The molecular weight excluding hydrogens is 288 g/mol. The van der Waals surface area contributed by atoms with Crippen molar-refractivity contribution in [3.8, 4) is 5.75 Å². The van der Waals surface area contributed by atoms with Crippen LogP contribution in [0.5, 0.6) is 5.75 Å². The van der Waals surface area contributed by atoms with E-state index in [1.165, 1.54) is 12.3 Å². The Hall–Kier alpha value is -2.08. The number of nitrogens with zero attached hydrogens (tertiary/aromatic N) is 1. The zero-order chi connectivity index (χ0) is 15.3. The van der Waals surface area contributed by atoms with Crippen molar-refractivity contribution in [1.29, 1.82) is 0 Å². The van der Waals surface area contributed by atoms with Gasteiger partial charge in [0.25, 0.3) is 10.0 Å². The highest BCUT2D eigenvalue weighted by Crippen LogP contribution is 2.23. The topological polar surface area (TPSA) is 68.3 Å². The van der Waals surface area contributed by atoms with Gasteiger partial charge in [0.1, 0.15) is 11.6 Å². The maximum atomic E-state index is 12.3. The highest BCUT2D eigenvalue weighted by molar-refractivity contribution is 7.92. The van der Waals surface area contributed by atoms with Crippen molar-refractivity contribution in [2.45, 2.75) is 25.2 Å². The highest BCUT2D eigenvalue weighted by Gasteiger charge is 2.16. The molecule has 2 aromatic rings. The lowest BCUT2D eigenvalue weighted by atomic mass is 10.2. The summed E-state index contributed by atoms with van der Waals surface area (Å²) < 4.78 is 32.6. The summed E-state index contributed by atoms with van der Waals surface area (Å²) in [7, 11) is -3.64. The number of anilines is 1. The lowest BCUT2D eigenvalue weighted by Crippen LogP contribution is -2.14. The number of sulfonamides is 1. The third-order valence-corrected chi connectivity index (χ3v) is 4.17. The van der Waals surface area contributed by atoms with E-state index < -0.39 is 10.0 Å². The summed E-state index contributed by atoms with van der Waals surface area (Å²) in [5.41, 5.74) is 0.785. The minimum absolute atomic E-state index is 0.189. The largest absolute Gasteiger partial charge is 0.493 e. The number of nitrogens with one attached hydrogen (secondary N) is 1. The van der Waals surface area contributed by atoms with Crippen molar-refractivity contribution in [2.24, 2.45) is 0 Å². The quantitative estimate of drug-likeness (QED) is 0.891. The molecule has 0 unspecified atom stereocenters. The predicted molar refractivity (Wildman–Crippen MR) is 82.0 cm³/mol. The van der Waals surface area contributed by atoms with Crippen LogP contribution in [0.4, 0.5) is 5.82 Å². The van der Waals surface area contributed by atoms with Gasteiger partial charge in [0.05, 0.1) is 11.5 Å². The summed E-state index contributed by atoms with van der Waals surface area (Å²) in [5.74, 6) is 0.995. The molecule has 1 aromatic carbocycles. The second kappa shape index (κ2) is 6.58. The Labute approximate surface area is 125 Å². The molecule has 0 aliphatic carbocycles. The lowest BCUT2D eigenvalue weighted by Gasteiger charge is -2.11. The van der Waals surface area contributed by atoms with Crippen LogP contribution in [0.15, 0.2) is 47.5 Å². The average Bonchev–Trinajstić information content (AvgIpc) is 2.46. The van der Waals surface area contributed by atoms with Gasteiger partial charge in [-0.25, -0.2) is 13.4 Å². The van der Waals surface area contributed by atoms with Crippen molar-refractivity contribution in [2.75, 3.05) is 11.3 Å². The predicted octanol–water partition coefficient (Wildman–Crippen LogP) is 2.98. The van der Waals surface area contributed by atoms with Crippen molar-refractivity contribution in [3.05, 3.63) is 48.2 Å². The van der Waals surface area contributed by atoms with Gasteiger partial charge in [-0.2, -0.15) is 0 Å². The number of rotatable bonds is 6. The second-order valence-corrected chi connectivity index (χ2v) is 6.28. The first kappa shape index (κ1) is 15.3. The molecule has 0 saturated heterocycles. The van der Waals surface area contributed by atoms with Crippen LogP contribution >= 0.6 is 0 Å². The molecule has 2 rings (SSSR count). The molecule has 0 radical (unpaired) electrons. The van der Waals surface area contributed by atoms with E-state index in [0.717, 1.165) is 12.0 Å². The van der Waals surface area contributed by atoms with Crippen LogP contribution in [0.25, 0.3) is 0 Å². The summed E-state index contributed by atoms with van der Waals surface area (Å²) in [5, 5.41) is 0. The Morgan fingerprint density at radius 2 is 2.05 bits per heavy atom. The van der Waals surface area contributed by atoms with Crippen molar-refractivity contribution < 1.29 is 13.2 Å². The zero-order valence-corrected chi connectivity index (χ0v) is 12.9. The fraction of sp³-hybridized carbons (Fsp3) is 0.267. The van der Waals surface area contributed by atoms with E-state index in [1.54, 1.807) is 30.3 Å². The number of aromatic nitrogens is 1. The molecule has 0 atom stereocenters. The van der Waals surface area contributed by atoms with E-state index in [9.17, 15) is 8.42 Å². The molecule has 0 spiro atoms. The van der Waals surface area contributed by atoms with Gasteiger partial charge in [-0.3, -0.25) is 4.72 Å². The standard InChI is InChI=1S/C15H18N2O3S/c1-3-10-20-14-8-7-13(11-12(14)2)21(18,19)17-15-6-4-5-9-16-15/h4-9,11H,3,10H2,1-2H3,(H,16,17). The number of hydrogen-bond donors (Lipinski definition) is 1. The van der Waals surface area contributed by atoms with Crippen LogP contribution in [0.2, 0.25) is 0 Å². The summed E-state index contributed by atoms with van der Waals surface area (Å²) in [4.78, 5) is 4.14. The van der Waals surface area contributed by atoms with Gasteiger partial charge in [0, 0.05) is 6.20 Å². The molecule has 1 heterocycles. The Morgan fingerprint density at radius 1 is 1.24 bits per heavy atom. The molecule has 0 bridgehead atoms. The Morgan fingerprint density at radius 3 is 2.67 bits per heavy atom. The average molecular weight is 306 g/mol. The van der Waals surface area contributed by atoms with Gasteiger partial charge in [0.2, 0.25) is 0 Å². The molecule has 1 N–H and O–H groups in total. The number of ether oxygens (including phenoxy) is 1. The number of benzene rings is 1. The van der Waals surface area contributed by atoms with Crippen LogP contribution in [-0.4, -0.2) is 20.0 Å². The summed E-state index contributed by atoms with van der Waals surface area (Å²) >= 11 is 0.